The van der Waals surface area contributed by atoms with Gasteiger partial charge in [-0.2, -0.15) is 0 Å². The first kappa shape index (κ1) is 12.6. The third-order valence-corrected chi connectivity index (χ3v) is 2.29. The molecule has 0 saturated heterocycles. The van der Waals surface area contributed by atoms with Crippen LogP contribution >= 0.6 is 0 Å². The van der Waals surface area contributed by atoms with E-state index in [2.05, 4.69) is 0 Å². The van der Waals surface area contributed by atoms with Crippen LogP contribution in [0.2, 0.25) is 0 Å². The second-order valence-corrected chi connectivity index (χ2v) is 3.51. The van der Waals surface area contributed by atoms with E-state index in [1.165, 1.54) is 19.2 Å². The molecule has 1 aromatic carbocycles. The van der Waals surface area contributed by atoms with Crippen LogP contribution in [0, 0.1) is 5.82 Å². The van der Waals surface area contributed by atoms with Crippen LogP contribution in [0.5, 0.6) is 5.75 Å². The van der Waals surface area contributed by atoms with Crippen molar-refractivity contribution in [3.63, 3.8) is 0 Å². The van der Waals surface area contributed by atoms with Gasteiger partial charge in [0.2, 0.25) is 0 Å². The average molecular weight is 226 g/mol. The monoisotopic (exact) mass is 226 g/mol. The molecule has 0 aliphatic carbocycles. The summed E-state index contributed by atoms with van der Waals surface area (Å²) in [6.45, 7) is 1.86. The fourth-order valence-electron chi connectivity index (χ4n) is 1.46. The molecule has 0 bridgehead atoms. The van der Waals surface area contributed by atoms with Gasteiger partial charge in [-0.15, -0.1) is 0 Å². The molecule has 4 heteroatoms. The molecule has 1 atom stereocenters. The maximum Gasteiger partial charge on any atom is 0.195 e. The number of carbonyl (C=O) groups is 1. The zero-order valence-electron chi connectivity index (χ0n) is 9.37. The minimum atomic E-state index is -1.10. The van der Waals surface area contributed by atoms with Gasteiger partial charge in [0, 0.05) is 0 Å². The molecule has 88 valence electrons. The van der Waals surface area contributed by atoms with Crippen LogP contribution in [-0.4, -0.2) is 24.1 Å². The van der Waals surface area contributed by atoms with Crippen molar-refractivity contribution in [2.75, 3.05) is 7.11 Å². The molecule has 0 spiro atoms. The number of methoxy groups -OCH3 is 1. The van der Waals surface area contributed by atoms with Crippen molar-refractivity contribution < 1.29 is 19.0 Å². The molecule has 3 nitrogen and oxygen atoms in total. The maximum atomic E-state index is 13.0. The Bertz CT molecular complexity index is 377. The van der Waals surface area contributed by atoms with E-state index in [1.54, 1.807) is 0 Å². The molecule has 1 rings (SSSR count). The van der Waals surface area contributed by atoms with Crippen LogP contribution in [0.1, 0.15) is 30.1 Å². The van der Waals surface area contributed by atoms with Gasteiger partial charge in [-0.25, -0.2) is 4.39 Å². The van der Waals surface area contributed by atoms with Gasteiger partial charge >= 0.3 is 0 Å². The average Bonchev–Trinajstić information content (AvgIpc) is 2.28. The molecule has 0 fully saturated rings. The minimum Gasteiger partial charge on any atom is -0.496 e. The number of aliphatic hydroxyl groups excluding tert-OH is 1. The highest BCUT2D eigenvalue weighted by atomic mass is 19.1. The molecular weight excluding hydrogens is 211 g/mol. The smallest absolute Gasteiger partial charge is 0.195 e. The maximum absolute atomic E-state index is 13.0. The number of ether oxygens (including phenoxy) is 1. The van der Waals surface area contributed by atoms with Crippen LogP contribution in [0.3, 0.4) is 0 Å². The summed E-state index contributed by atoms with van der Waals surface area (Å²) in [7, 11) is 1.40. The highest BCUT2D eigenvalue weighted by Crippen LogP contribution is 2.21. The molecular formula is C12H15FO3. The van der Waals surface area contributed by atoms with E-state index < -0.39 is 17.7 Å². The van der Waals surface area contributed by atoms with Gasteiger partial charge < -0.3 is 9.84 Å². The molecule has 16 heavy (non-hydrogen) atoms. The second kappa shape index (κ2) is 5.61. The van der Waals surface area contributed by atoms with Crippen LogP contribution in [-0.2, 0) is 0 Å². The Hall–Kier alpha value is -1.42. The molecule has 0 aliphatic heterocycles. The third kappa shape index (κ3) is 2.79. The quantitative estimate of drug-likeness (QED) is 0.783. The number of hydrogen-bond donors (Lipinski definition) is 1. The topological polar surface area (TPSA) is 46.5 Å². The largest absolute Gasteiger partial charge is 0.496 e. The molecule has 1 aromatic rings. The summed E-state index contributed by atoms with van der Waals surface area (Å²) < 4.78 is 18.0. The minimum absolute atomic E-state index is 0.0865. The van der Waals surface area contributed by atoms with Crippen molar-refractivity contribution in [1.82, 2.24) is 0 Å². The first-order chi connectivity index (χ1) is 7.60. The van der Waals surface area contributed by atoms with E-state index in [0.717, 1.165) is 6.07 Å². The molecule has 0 radical (unpaired) electrons. The van der Waals surface area contributed by atoms with E-state index in [-0.39, 0.29) is 11.3 Å². The first-order valence-electron chi connectivity index (χ1n) is 5.16. The van der Waals surface area contributed by atoms with Crippen molar-refractivity contribution in [3.8, 4) is 5.75 Å². The molecule has 0 amide bonds. The highest BCUT2D eigenvalue weighted by Gasteiger charge is 2.20. The van der Waals surface area contributed by atoms with Crippen molar-refractivity contribution in [1.29, 1.82) is 0 Å². The zero-order valence-corrected chi connectivity index (χ0v) is 9.37. The number of rotatable bonds is 5. The Kier molecular flexibility index (Phi) is 4.43. The van der Waals surface area contributed by atoms with E-state index >= 15 is 0 Å². The Morgan fingerprint density at radius 1 is 1.56 bits per heavy atom. The lowest BCUT2D eigenvalue weighted by atomic mass is 10.0. The Balaban J connectivity index is 3.01. The number of benzene rings is 1. The standard InChI is InChI=1S/C12H15FO3/c1-3-4-10(14)12(15)9-7-8(13)5-6-11(9)16-2/h5-7,10,14H,3-4H2,1-2H3. The summed E-state index contributed by atoms with van der Waals surface area (Å²) in [4.78, 5) is 11.8. The van der Waals surface area contributed by atoms with Gasteiger partial charge in [-0.3, -0.25) is 4.79 Å². The summed E-state index contributed by atoms with van der Waals surface area (Å²) in [6, 6.07) is 3.67. The SMILES string of the molecule is CCCC(O)C(=O)c1cc(F)ccc1OC. The summed E-state index contributed by atoms with van der Waals surface area (Å²) in [5, 5.41) is 9.55. The van der Waals surface area contributed by atoms with E-state index in [0.29, 0.717) is 12.8 Å². The van der Waals surface area contributed by atoms with Crippen molar-refractivity contribution in [2.24, 2.45) is 0 Å². The van der Waals surface area contributed by atoms with E-state index in [9.17, 15) is 14.3 Å². The lowest BCUT2D eigenvalue weighted by Crippen LogP contribution is -2.20. The van der Waals surface area contributed by atoms with Gasteiger partial charge in [0.25, 0.3) is 0 Å². The second-order valence-electron chi connectivity index (χ2n) is 3.51. The van der Waals surface area contributed by atoms with Crippen LogP contribution in [0.25, 0.3) is 0 Å². The Morgan fingerprint density at radius 2 is 2.25 bits per heavy atom. The van der Waals surface area contributed by atoms with Crippen LogP contribution in [0.4, 0.5) is 4.39 Å². The van der Waals surface area contributed by atoms with Crippen LogP contribution in [0.15, 0.2) is 18.2 Å². The van der Waals surface area contributed by atoms with Gasteiger partial charge in [0.05, 0.1) is 12.7 Å². The molecule has 0 aliphatic rings. The summed E-state index contributed by atoms with van der Waals surface area (Å²) >= 11 is 0. The molecule has 0 saturated carbocycles. The fourth-order valence-corrected chi connectivity index (χ4v) is 1.46. The van der Waals surface area contributed by atoms with Crippen LogP contribution < -0.4 is 4.74 Å². The third-order valence-electron chi connectivity index (χ3n) is 2.29. The van der Waals surface area contributed by atoms with Crippen molar-refractivity contribution >= 4 is 5.78 Å². The summed E-state index contributed by atoms with van der Waals surface area (Å²) in [6.07, 6.45) is -0.0519. The van der Waals surface area contributed by atoms with Gasteiger partial charge in [0.15, 0.2) is 5.78 Å². The molecule has 1 unspecified atom stereocenters. The van der Waals surface area contributed by atoms with E-state index in [1.807, 2.05) is 6.92 Å². The number of hydrogen-bond acceptors (Lipinski definition) is 3. The fraction of sp³-hybridized carbons (Fsp3) is 0.417. The highest BCUT2D eigenvalue weighted by molar-refractivity contribution is 6.01. The molecule has 0 heterocycles. The Labute approximate surface area is 93.9 Å². The lowest BCUT2D eigenvalue weighted by molar-refractivity contribution is 0.0725. The lowest BCUT2D eigenvalue weighted by Gasteiger charge is -2.11. The first-order valence-corrected chi connectivity index (χ1v) is 5.16. The van der Waals surface area contributed by atoms with E-state index in [4.69, 9.17) is 4.74 Å². The van der Waals surface area contributed by atoms with Gasteiger partial charge in [-0.05, 0) is 24.6 Å². The van der Waals surface area contributed by atoms with Gasteiger partial charge in [-0.1, -0.05) is 13.3 Å². The summed E-state index contributed by atoms with van der Waals surface area (Å²) in [5.41, 5.74) is 0.0865. The molecule has 0 aromatic heterocycles. The zero-order chi connectivity index (χ0) is 12.1. The number of Topliss-reactive ketones (excluding diaryl/α,β-unsaturated/α-hetero) is 1. The number of ketones is 1. The van der Waals surface area contributed by atoms with Crippen molar-refractivity contribution in [2.45, 2.75) is 25.9 Å². The molecule has 1 N–H and O–H groups in total. The number of halogens is 1. The Morgan fingerprint density at radius 3 is 2.81 bits per heavy atom. The predicted molar refractivity (Wildman–Crippen MR) is 58.2 cm³/mol. The normalized spacial score (nSPS) is 12.2. The summed E-state index contributed by atoms with van der Waals surface area (Å²) in [5.74, 6) is -0.743. The predicted octanol–water partition coefficient (Wildman–Crippen LogP) is 2.18. The van der Waals surface area contributed by atoms with Gasteiger partial charge in [0.1, 0.15) is 17.7 Å². The van der Waals surface area contributed by atoms with Crippen molar-refractivity contribution in [3.05, 3.63) is 29.6 Å². The number of aliphatic hydroxyl groups is 1. The number of carbonyl (C=O) groups excluding carboxylic acids is 1.